The van der Waals surface area contributed by atoms with E-state index in [1.807, 2.05) is 0 Å². The third-order valence-electron chi connectivity index (χ3n) is 1.65. The molecule has 0 atom stereocenters. The Kier molecular flexibility index (Phi) is 8.11. The van der Waals surface area contributed by atoms with E-state index < -0.39 is 19.3 Å². The van der Waals surface area contributed by atoms with E-state index in [-0.39, 0.29) is 0 Å². The fourth-order valence-electron chi connectivity index (χ4n) is 1.13. The maximum absolute atomic E-state index is 7.24. The molecule has 10 heavy (non-hydrogen) atoms. The molecule has 0 amide bonds. The van der Waals surface area contributed by atoms with Gasteiger partial charge in [0.1, 0.15) is 0 Å². The molecule has 4 heteroatoms. The van der Waals surface area contributed by atoms with Gasteiger partial charge in [0.15, 0.2) is 0 Å². The van der Waals surface area contributed by atoms with Gasteiger partial charge in [0.05, 0.1) is 0 Å². The Morgan fingerprint density at radius 3 is 1.70 bits per heavy atom. The van der Waals surface area contributed by atoms with Crippen LogP contribution in [0, 0.1) is 0 Å². The van der Waals surface area contributed by atoms with Crippen molar-refractivity contribution in [3.05, 3.63) is 0 Å². The van der Waals surface area contributed by atoms with Gasteiger partial charge in [-0.05, 0) is 12.8 Å². The molecule has 1 aliphatic carbocycles. The first kappa shape index (κ1) is 10.6. The Balaban J connectivity index is 0.000000236. The summed E-state index contributed by atoms with van der Waals surface area (Å²) in [5.74, 6) is 0. The molecule has 0 spiro atoms. The molecular weight excluding hydrogens is 313 g/mol. The maximum atomic E-state index is 7.24. The van der Waals surface area contributed by atoms with Crippen molar-refractivity contribution in [3.63, 3.8) is 0 Å². The third kappa shape index (κ3) is 6.69. The summed E-state index contributed by atoms with van der Waals surface area (Å²) in [4.78, 5) is 0. The molecule has 4 N–H and O–H groups in total. The van der Waals surface area contributed by atoms with Gasteiger partial charge in [-0.3, -0.25) is 0 Å². The number of rotatable bonds is 0. The SMILES string of the molecule is NC1CCCCC1.[OH][Pt][OH]. The van der Waals surface area contributed by atoms with Crippen LogP contribution in [-0.4, -0.2) is 13.6 Å². The summed E-state index contributed by atoms with van der Waals surface area (Å²) in [5, 5.41) is 0. The van der Waals surface area contributed by atoms with Gasteiger partial charge in [0.25, 0.3) is 0 Å². The zero-order chi connectivity index (χ0) is 7.82. The molecule has 0 aromatic carbocycles. The van der Waals surface area contributed by atoms with Crippen molar-refractivity contribution in [2.24, 2.45) is 5.73 Å². The molecule has 1 aliphatic rings. The molecule has 1 fully saturated rings. The number of hydrogen-bond donors (Lipinski definition) is 3. The van der Waals surface area contributed by atoms with E-state index in [0.717, 1.165) is 0 Å². The predicted octanol–water partition coefficient (Wildman–Crippen LogP) is 0.161. The number of hydrogen-bond acceptors (Lipinski definition) is 3. The second-order valence-electron chi connectivity index (χ2n) is 2.46. The summed E-state index contributed by atoms with van der Waals surface area (Å²) in [5.41, 5.74) is 5.63. The zero-order valence-corrected chi connectivity index (χ0v) is 8.17. The van der Waals surface area contributed by atoms with Gasteiger partial charge in [-0.2, -0.15) is 0 Å². The Labute approximate surface area is 71.1 Å². The van der Waals surface area contributed by atoms with E-state index in [4.69, 9.17) is 13.3 Å². The van der Waals surface area contributed by atoms with Crippen LogP contribution < -0.4 is 5.73 Å². The van der Waals surface area contributed by atoms with Crippen LogP contribution in [0.2, 0.25) is 0 Å². The van der Waals surface area contributed by atoms with E-state index >= 15 is 0 Å². The second-order valence-corrected chi connectivity index (χ2v) is 2.92. The van der Waals surface area contributed by atoms with Crippen LogP contribution in [0.1, 0.15) is 32.1 Å². The van der Waals surface area contributed by atoms with Gasteiger partial charge >= 0.3 is 26.8 Å². The van der Waals surface area contributed by atoms with Crippen molar-refractivity contribution in [3.8, 4) is 0 Å². The van der Waals surface area contributed by atoms with Crippen LogP contribution in [0.15, 0.2) is 0 Å². The molecule has 1 saturated carbocycles. The second kappa shape index (κ2) is 7.67. The van der Waals surface area contributed by atoms with Gasteiger partial charge in [-0.15, -0.1) is 0 Å². The molecule has 0 heterocycles. The quantitative estimate of drug-likeness (QED) is 0.594. The molecule has 1 rings (SSSR count). The average Bonchev–Trinajstić information content (AvgIpc) is 1.91. The van der Waals surface area contributed by atoms with Crippen molar-refractivity contribution < 1.29 is 26.8 Å². The summed E-state index contributed by atoms with van der Waals surface area (Å²) < 4.78 is 14.5. The van der Waals surface area contributed by atoms with E-state index in [1.54, 1.807) is 0 Å². The molecule has 0 aromatic heterocycles. The first-order valence-electron chi connectivity index (χ1n) is 3.43. The van der Waals surface area contributed by atoms with Crippen molar-refractivity contribution in [1.29, 1.82) is 0 Å². The normalized spacial score (nSPS) is 19.9. The third-order valence-corrected chi connectivity index (χ3v) is 1.65. The van der Waals surface area contributed by atoms with Gasteiger partial charge < -0.3 is 5.73 Å². The molecule has 0 saturated heterocycles. The fraction of sp³-hybridized carbons (Fsp3) is 1.00. The molecule has 0 aliphatic heterocycles. The van der Waals surface area contributed by atoms with Crippen LogP contribution in [-0.2, 0) is 19.3 Å². The van der Waals surface area contributed by atoms with Gasteiger partial charge in [0.2, 0.25) is 0 Å². The van der Waals surface area contributed by atoms with E-state index in [2.05, 4.69) is 0 Å². The summed E-state index contributed by atoms with van der Waals surface area (Å²) in [6.45, 7) is 0. The van der Waals surface area contributed by atoms with E-state index in [9.17, 15) is 0 Å². The van der Waals surface area contributed by atoms with Gasteiger partial charge in [0, 0.05) is 6.04 Å². The zero-order valence-electron chi connectivity index (χ0n) is 5.90. The Hall–Kier alpha value is 0.568. The van der Waals surface area contributed by atoms with Gasteiger partial charge in [-0.25, -0.2) is 0 Å². The molecular formula is C6H15NO2Pt. The van der Waals surface area contributed by atoms with Crippen molar-refractivity contribution in [2.75, 3.05) is 0 Å². The van der Waals surface area contributed by atoms with Crippen molar-refractivity contribution in [2.45, 2.75) is 38.1 Å². The van der Waals surface area contributed by atoms with Crippen molar-refractivity contribution >= 4 is 0 Å². The Morgan fingerprint density at radius 1 is 1.10 bits per heavy atom. The molecule has 0 radical (unpaired) electrons. The Morgan fingerprint density at radius 2 is 1.50 bits per heavy atom. The van der Waals surface area contributed by atoms with E-state index in [1.165, 1.54) is 32.1 Å². The Bertz CT molecular complexity index is 66.8. The van der Waals surface area contributed by atoms with Crippen LogP contribution in [0.5, 0.6) is 0 Å². The molecule has 66 valence electrons. The molecule has 0 unspecified atom stereocenters. The average molecular weight is 328 g/mol. The van der Waals surface area contributed by atoms with Crippen LogP contribution in [0.4, 0.5) is 0 Å². The van der Waals surface area contributed by atoms with Crippen molar-refractivity contribution in [1.82, 2.24) is 0 Å². The molecule has 0 aromatic rings. The fourth-order valence-corrected chi connectivity index (χ4v) is 1.13. The van der Waals surface area contributed by atoms with Crippen LogP contribution >= 0.6 is 0 Å². The standard InChI is InChI=1S/C6H13N.2H2O.Pt/c7-6-4-2-1-3-5-6;;;/h6H,1-5,7H2;2*1H2;/q;;;+2/p-2. The first-order valence-corrected chi connectivity index (χ1v) is 5.46. The first-order chi connectivity index (χ1) is 4.81. The number of nitrogens with two attached hydrogens (primary N) is 1. The van der Waals surface area contributed by atoms with Crippen LogP contribution in [0.25, 0.3) is 0 Å². The summed E-state index contributed by atoms with van der Waals surface area (Å²) in [6.07, 6.45) is 6.66. The predicted molar refractivity (Wildman–Crippen MR) is 35.5 cm³/mol. The van der Waals surface area contributed by atoms with E-state index in [0.29, 0.717) is 6.04 Å². The monoisotopic (exact) mass is 328 g/mol. The summed E-state index contributed by atoms with van der Waals surface area (Å²) in [7, 11) is 0. The molecule has 3 nitrogen and oxygen atoms in total. The topological polar surface area (TPSA) is 66.5 Å². The minimum absolute atomic E-state index is 0.536. The summed E-state index contributed by atoms with van der Waals surface area (Å²) in [6, 6.07) is 0.536. The molecule has 0 bridgehead atoms. The van der Waals surface area contributed by atoms with Crippen LogP contribution in [0.3, 0.4) is 0 Å². The van der Waals surface area contributed by atoms with Gasteiger partial charge in [-0.1, -0.05) is 19.3 Å². The summed E-state index contributed by atoms with van der Waals surface area (Å²) >= 11 is -1.42. The minimum atomic E-state index is -1.42.